The summed E-state index contributed by atoms with van der Waals surface area (Å²) in [6, 6.07) is 9.69. The number of methoxy groups -OCH3 is 1. The summed E-state index contributed by atoms with van der Waals surface area (Å²) in [5.41, 5.74) is 4.02. The largest absolute Gasteiger partial charge is 0.497 e. The van der Waals surface area contributed by atoms with Crippen molar-refractivity contribution in [3.05, 3.63) is 46.1 Å². The van der Waals surface area contributed by atoms with Gasteiger partial charge in [-0.25, -0.2) is 4.98 Å². The van der Waals surface area contributed by atoms with Gasteiger partial charge in [-0.15, -0.1) is 0 Å². The lowest BCUT2D eigenvalue weighted by Gasteiger charge is -2.11. The molecule has 3 nitrogen and oxygen atoms in total. The number of aromatic nitrogens is 1. The predicted octanol–water partition coefficient (Wildman–Crippen LogP) is 3.90. The Balaban J connectivity index is 2.60. The number of halogens is 1. The summed E-state index contributed by atoms with van der Waals surface area (Å²) in [7, 11) is 1.63. The van der Waals surface area contributed by atoms with Gasteiger partial charge in [-0.05, 0) is 49.2 Å². The van der Waals surface area contributed by atoms with Gasteiger partial charge < -0.3 is 4.74 Å². The monoisotopic (exact) mass is 272 g/mol. The standard InChI is InChI=1S/C15H13ClN2O/c1-9-10(2)14(18-15(16)13(9)8-17)11-4-6-12(19-3)7-5-11/h4-7H,1-3H3. The van der Waals surface area contributed by atoms with Crippen molar-refractivity contribution in [2.24, 2.45) is 0 Å². The Hall–Kier alpha value is -2.05. The van der Waals surface area contributed by atoms with E-state index < -0.39 is 0 Å². The molecule has 0 spiro atoms. The van der Waals surface area contributed by atoms with Gasteiger partial charge in [-0.1, -0.05) is 11.6 Å². The molecule has 0 saturated heterocycles. The molecule has 0 saturated carbocycles. The van der Waals surface area contributed by atoms with E-state index in [-0.39, 0.29) is 5.15 Å². The van der Waals surface area contributed by atoms with E-state index in [0.717, 1.165) is 28.1 Å². The van der Waals surface area contributed by atoms with Gasteiger partial charge in [0.25, 0.3) is 0 Å². The van der Waals surface area contributed by atoms with Crippen LogP contribution in [0.4, 0.5) is 0 Å². The van der Waals surface area contributed by atoms with Crippen molar-refractivity contribution in [3.63, 3.8) is 0 Å². The van der Waals surface area contributed by atoms with E-state index in [9.17, 15) is 0 Å². The Morgan fingerprint density at radius 1 is 1.16 bits per heavy atom. The minimum atomic E-state index is 0.247. The molecule has 96 valence electrons. The molecule has 1 heterocycles. The molecule has 0 unspecified atom stereocenters. The lowest BCUT2D eigenvalue weighted by Crippen LogP contribution is -1.97. The van der Waals surface area contributed by atoms with Crippen LogP contribution in [0.5, 0.6) is 5.75 Å². The van der Waals surface area contributed by atoms with Crippen LogP contribution in [0, 0.1) is 25.2 Å². The zero-order valence-corrected chi connectivity index (χ0v) is 11.7. The predicted molar refractivity (Wildman–Crippen MR) is 75.4 cm³/mol. The molecule has 0 bridgehead atoms. The zero-order valence-electron chi connectivity index (χ0n) is 11.0. The quantitative estimate of drug-likeness (QED) is 0.779. The Labute approximate surface area is 117 Å². The van der Waals surface area contributed by atoms with Crippen molar-refractivity contribution >= 4 is 11.6 Å². The molecule has 0 atom stereocenters. The third-order valence-electron chi connectivity index (χ3n) is 3.18. The van der Waals surface area contributed by atoms with Gasteiger partial charge >= 0.3 is 0 Å². The summed E-state index contributed by atoms with van der Waals surface area (Å²) in [6.07, 6.45) is 0. The van der Waals surface area contributed by atoms with Gasteiger partial charge in [0.2, 0.25) is 0 Å². The molecule has 2 aromatic rings. The summed E-state index contributed by atoms with van der Waals surface area (Å²) in [5, 5.41) is 9.31. The summed E-state index contributed by atoms with van der Waals surface area (Å²) in [4.78, 5) is 4.33. The van der Waals surface area contributed by atoms with E-state index in [1.807, 2.05) is 38.1 Å². The third-order valence-corrected chi connectivity index (χ3v) is 3.46. The maximum absolute atomic E-state index is 9.06. The first kappa shape index (κ1) is 13.4. The molecule has 0 amide bonds. The van der Waals surface area contributed by atoms with E-state index in [4.69, 9.17) is 21.6 Å². The number of pyridine rings is 1. The zero-order chi connectivity index (χ0) is 14.0. The molecule has 0 fully saturated rings. The van der Waals surface area contributed by atoms with Crippen molar-refractivity contribution in [2.75, 3.05) is 7.11 Å². The summed E-state index contributed by atoms with van der Waals surface area (Å²) < 4.78 is 5.13. The van der Waals surface area contributed by atoms with E-state index in [1.165, 1.54) is 0 Å². The fourth-order valence-electron chi connectivity index (χ4n) is 1.92. The fraction of sp³-hybridized carbons (Fsp3) is 0.200. The van der Waals surface area contributed by atoms with Gasteiger partial charge in [-0.2, -0.15) is 5.26 Å². The highest BCUT2D eigenvalue weighted by molar-refractivity contribution is 6.30. The number of nitriles is 1. The first-order valence-electron chi connectivity index (χ1n) is 5.79. The van der Waals surface area contributed by atoms with Crippen molar-refractivity contribution in [2.45, 2.75) is 13.8 Å². The molecular formula is C15H13ClN2O. The molecule has 1 aromatic carbocycles. The molecule has 0 aliphatic heterocycles. The van der Waals surface area contributed by atoms with E-state index in [0.29, 0.717) is 5.56 Å². The topological polar surface area (TPSA) is 45.9 Å². The lowest BCUT2D eigenvalue weighted by molar-refractivity contribution is 0.415. The van der Waals surface area contributed by atoms with Crippen LogP contribution in [-0.2, 0) is 0 Å². The second kappa shape index (κ2) is 5.29. The molecule has 0 aliphatic rings. The van der Waals surface area contributed by atoms with Gasteiger partial charge in [0, 0.05) is 5.56 Å². The van der Waals surface area contributed by atoms with Crippen LogP contribution in [0.3, 0.4) is 0 Å². The van der Waals surface area contributed by atoms with Crippen LogP contribution < -0.4 is 4.74 Å². The maximum Gasteiger partial charge on any atom is 0.147 e. The third kappa shape index (κ3) is 2.40. The SMILES string of the molecule is COc1ccc(-c2nc(Cl)c(C#N)c(C)c2C)cc1. The number of benzene rings is 1. The molecule has 0 aliphatic carbocycles. The normalized spacial score (nSPS) is 10.1. The maximum atomic E-state index is 9.06. The van der Waals surface area contributed by atoms with Crippen molar-refractivity contribution < 1.29 is 4.74 Å². The van der Waals surface area contributed by atoms with Gasteiger partial charge in [-0.3, -0.25) is 0 Å². The van der Waals surface area contributed by atoms with Gasteiger partial charge in [0.1, 0.15) is 17.0 Å². The van der Waals surface area contributed by atoms with Gasteiger partial charge in [0.15, 0.2) is 0 Å². The fourth-order valence-corrected chi connectivity index (χ4v) is 2.19. The molecule has 2 rings (SSSR count). The average Bonchev–Trinajstić information content (AvgIpc) is 2.43. The number of ether oxygens (including phenoxy) is 1. The average molecular weight is 273 g/mol. The highest BCUT2D eigenvalue weighted by atomic mass is 35.5. The van der Waals surface area contributed by atoms with Crippen molar-refractivity contribution in [3.8, 4) is 23.1 Å². The second-order valence-corrected chi connectivity index (χ2v) is 4.57. The molecule has 0 radical (unpaired) electrons. The Morgan fingerprint density at radius 3 is 2.32 bits per heavy atom. The first-order valence-corrected chi connectivity index (χ1v) is 6.17. The first-order chi connectivity index (χ1) is 9.08. The molecule has 4 heteroatoms. The lowest BCUT2D eigenvalue weighted by atomic mass is 10.00. The van der Waals surface area contributed by atoms with E-state index in [2.05, 4.69) is 11.1 Å². The van der Waals surface area contributed by atoms with Crippen LogP contribution in [-0.4, -0.2) is 12.1 Å². The summed E-state index contributed by atoms with van der Waals surface area (Å²) >= 11 is 6.06. The highest BCUT2D eigenvalue weighted by Crippen LogP contribution is 2.30. The Morgan fingerprint density at radius 2 is 1.79 bits per heavy atom. The summed E-state index contributed by atoms with van der Waals surface area (Å²) in [5.74, 6) is 0.790. The Bertz CT molecular complexity index is 657. The van der Waals surface area contributed by atoms with Crippen LogP contribution in [0.2, 0.25) is 5.15 Å². The Kier molecular flexibility index (Phi) is 3.73. The second-order valence-electron chi connectivity index (χ2n) is 4.22. The molecule has 0 N–H and O–H groups in total. The highest BCUT2D eigenvalue weighted by Gasteiger charge is 2.14. The molecule has 1 aromatic heterocycles. The van der Waals surface area contributed by atoms with Gasteiger partial charge in [0.05, 0.1) is 18.4 Å². The number of hydrogen-bond acceptors (Lipinski definition) is 3. The number of nitrogens with zero attached hydrogens (tertiary/aromatic N) is 2. The van der Waals surface area contributed by atoms with Crippen LogP contribution >= 0.6 is 11.6 Å². The smallest absolute Gasteiger partial charge is 0.147 e. The van der Waals surface area contributed by atoms with E-state index >= 15 is 0 Å². The van der Waals surface area contributed by atoms with Crippen molar-refractivity contribution in [1.29, 1.82) is 5.26 Å². The minimum Gasteiger partial charge on any atom is -0.497 e. The molecule has 19 heavy (non-hydrogen) atoms. The minimum absolute atomic E-state index is 0.247. The number of hydrogen-bond donors (Lipinski definition) is 0. The van der Waals surface area contributed by atoms with E-state index in [1.54, 1.807) is 7.11 Å². The molecular weight excluding hydrogens is 260 g/mol. The van der Waals surface area contributed by atoms with Crippen LogP contribution in [0.1, 0.15) is 16.7 Å². The van der Waals surface area contributed by atoms with Crippen molar-refractivity contribution in [1.82, 2.24) is 4.98 Å². The van der Waals surface area contributed by atoms with Crippen LogP contribution in [0.15, 0.2) is 24.3 Å². The number of rotatable bonds is 2. The van der Waals surface area contributed by atoms with Crippen LogP contribution in [0.25, 0.3) is 11.3 Å². The summed E-state index contributed by atoms with van der Waals surface area (Å²) in [6.45, 7) is 3.83.